The summed E-state index contributed by atoms with van der Waals surface area (Å²) in [5.74, 6) is 0.837. The number of fused-ring (bicyclic) bond motifs is 1. The van der Waals surface area contributed by atoms with E-state index >= 15 is 0 Å². The topological polar surface area (TPSA) is 157 Å². The Hall–Kier alpha value is -3.73. The Morgan fingerprint density at radius 1 is 1.19 bits per heavy atom. The van der Waals surface area contributed by atoms with Crippen molar-refractivity contribution >= 4 is 37.4 Å². The summed E-state index contributed by atoms with van der Waals surface area (Å²) in [6, 6.07) is 4.79. The highest BCUT2D eigenvalue weighted by Gasteiger charge is 2.32. The summed E-state index contributed by atoms with van der Waals surface area (Å²) in [4.78, 5) is 25.0. The third-order valence-electron chi connectivity index (χ3n) is 6.96. The number of anilines is 1. The number of hydrogen-bond donors (Lipinski definition) is 1. The van der Waals surface area contributed by atoms with Gasteiger partial charge in [0, 0.05) is 39.3 Å². The Kier molecular flexibility index (Phi) is 8.91. The van der Waals surface area contributed by atoms with Gasteiger partial charge >= 0.3 is 0 Å². The van der Waals surface area contributed by atoms with Crippen molar-refractivity contribution in [2.24, 2.45) is 12.3 Å². The van der Waals surface area contributed by atoms with E-state index in [1.54, 1.807) is 29.9 Å². The van der Waals surface area contributed by atoms with Crippen LogP contribution >= 0.6 is 11.3 Å². The molecule has 0 spiro atoms. The van der Waals surface area contributed by atoms with E-state index in [1.807, 2.05) is 27.7 Å². The van der Waals surface area contributed by atoms with E-state index in [0.717, 1.165) is 28.5 Å². The Bertz CT molecular complexity index is 1730. The lowest BCUT2D eigenvalue weighted by molar-refractivity contribution is 0.263. The lowest BCUT2D eigenvalue weighted by Gasteiger charge is -2.35. The second kappa shape index (κ2) is 12.5. The summed E-state index contributed by atoms with van der Waals surface area (Å²) in [5.41, 5.74) is 2.29. The van der Waals surface area contributed by atoms with Crippen LogP contribution in [0.1, 0.15) is 39.8 Å². The molecule has 0 amide bonds. The van der Waals surface area contributed by atoms with Crippen LogP contribution in [-0.4, -0.2) is 76.3 Å². The monoisotopic (exact) mass is 629 g/mol. The highest BCUT2D eigenvalue weighted by molar-refractivity contribution is 7.89. The van der Waals surface area contributed by atoms with Crippen LogP contribution in [0.4, 0.5) is 5.00 Å². The van der Waals surface area contributed by atoms with Gasteiger partial charge in [0.05, 0.1) is 34.2 Å². The van der Waals surface area contributed by atoms with E-state index in [1.165, 1.54) is 17.5 Å². The quantitative estimate of drug-likeness (QED) is 0.188. The number of piperazine rings is 1. The molecule has 0 saturated carbocycles. The number of sulfonamides is 1. The second-order valence-corrected chi connectivity index (χ2v) is 13.3. The molecule has 1 N–H and O–H groups in total. The maximum atomic E-state index is 13.8. The predicted octanol–water partition coefficient (Wildman–Crippen LogP) is 4.12. The number of ether oxygens (including phenoxy) is 2. The maximum Gasteiger partial charge on any atom is 0.282 e. The summed E-state index contributed by atoms with van der Waals surface area (Å²) in [5, 5.41) is 12.8. The summed E-state index contributed by atoms with van der Waals surface area (Å²) in [6.45, 7) is 8.90. The molecular formula is C27H35N9O5S2. The van der Waals surface area contributed by atoms with Crippen LogP contribution in [0.15, 0.2) is 34.6 Å². The van der Waals surface area contributed by atoms with Gasteiger partial charge in [-0.3, -0.25) is 4.68 Å². The molecule has 1 aliphatic rings. The van der Waals surface area contributed by atoms with Crippen LogP contribution in [0, 0.1) is 4.91 Å². The van der Waals surface area contributed by atoms with Gasteiger partial charge in [-0.15, -0.1) is 4.91 Å². The third kappa shape index (κ3) is 6.18. The molecule has 16 heteroatoms. The highest BCUT2D eigenvalue weighted by atomic mass is 32.2. The fourth-order valence-electron chi connectivity index (χ4n) is 5.12. The van der Waals surface area contributed by atoms with Crippen molar-refractivity contribution in [3.05, 3.63) is 35.0 Å². The minimum Gasteiger partial charge on any atom is -0.493 e. The lowest BCUT2D eigenvalue weighted by Crippen LogP contribution is -2.55. The first-order valence-corrected chi connectivity index (χ1v) is 16.3. The summed E-state index contributed by atoms with van der Waals surface area (Å²) in [6.07, 6.45) is 2.98. The van der Waals surface area contributed by atoms with Crippen LogP contribution in [0.5, 0.6) is 16.8 Å². The van der Waals surface area contributed by atoms with Crippen molar-refractivity contribution in [2.45, 2.75) is 57.5 Å². The van der Waals surface area contributed by atoms with Crippen molar-refractivity contribution < 1.29 is 17.9 Å². The first-order chi connectivity index (χ1) is 20.5. The number of benzene rings is 1. The number of thiazole rings is 1. The van der Waals surface area contributed by atoms with Gasteiger partial charge in [0.15, 0.2) is 5.82 Å². The van der Waals surface area contributed by atoms with E-state index in [2.05, 4.69) is 20.7 Å². The van der Waals surface area contributed by atoms with Crippen LogP contribution in [-0.2, 0) is 23.5 Å². The van der Waals surface area contributed by atoms with E-state index in [4.69, 9.17) is 19.4 Å². The molecule has 1 aliphatic heterocycles. The van der Waals surface area contributed by atoms with Gasteiger partial charge in [-0.05, 0) is 45.4 Å². The molecule has 2 unspecified atom stereocenters. The zero-order valence-electron chi connectivity index (χ0n) is 24.9. The SMILES string of the molecule is CCCc1nn(C)c2c(Oc3ncc(N(C)N=O)s3)nc(-c3cc(S(=O)(=O)N4CC(C)NC(C)C4)ccc3OCC)nc12. The number of nitrogens with zero attached hydrogens (tertiary/aromatic N) is 8. The largest absolute Gasteiger partial charge is 0.493 e. The molecule has 43 heavy (non-hydrogen) atoms. The van der Waals surface area contributed by atoms with Crippen molar-refractivity contribution in [2.75, 3.05) is 31.8 Å². The maximum absolute atomic E-state index is 13.8. The molecule has 0 aliphatic carbocycles. The van der Waals surface area contributed by atoms with Gasteiger partial charge in [-0.1, -0.05) is 24.7 Å². The average Bonchev–Trinajstić information content (AvgIpc) is 3.56. The Balaban J connectivity index is 1.66. The van der Waals surface area contributed by atoms with Crippen LogP contribution in [0.3, 0.4) is 0 Å². The first-order valence-electron chi connectivity index (χ1n) is 14.0. The van der Waals surface area contributed by atoms with Gasteiger partial charge in [0.1, 0.15) is 21.8 Å². The van der Waals surface area contributed by atoms with Crippen molar-refractivity contribution in [3.63, 3.8) is 0 Å². The minimum absolute atomic E-state index is 0.0159. The minimum atomic E-state index is -3.82. The molecule has 230 valence electrons. The van der Waals surface area contributed by atoms with E-state index in [-0.39, 0.29) is 33.9 Å². The highest BCUT2D eigenvalue weighted by Crippen LogP contribution is 2.38. The zero-order chi connectivity index (χ0) is 30.9. The lowest BCUT2D eigenvalue weighted by atomic mass is 10.1. The van der Waals surface area contributed by atoms with E-state index < -0.39 is 10.0 Å². The van der Waals surface area contributed by atoms with Gasteiger partial charge in [-0.25, -0.2) is 23.4 Å². The van der Waals surface area contributed by atoms with Gasteiger partial charge < -0.3 is 14.8 Å². The van der Waals surface area contributed by atoms with Crippen molar-refractivity contribution in [1.82, 2.24) is 34.4 Å². The molecule has 3 aromatic heterocycles. The zero-order valence-corrected chi connectivity index (χ0v) is 26.6. The molecular weight excluding hydrogens is 594 g/mol. The second-order valence-electron chi connectivity index (χ2n) is 10.4. The van der Waals surface area contributed by atoms with Crippen LogP contribution < -0.4 is 19.8 Å². The fourth-order valence-corrected chi connectivity index (χ4v) is 7.44. The molecule has 1 saturated heterocycles. The van der Waals surface area contributed by atoms with Gasteiger partial charge in [-0.2, -0.15) is 14.4 Å². The number of aromatic nitrogens is 5. The van der Waals surface area contributed by atoms with Gasteiger partial charge in [0.2, 0.25) is 10.0 Å². The molecule has 4 heterocycles. The molecule has 5 rings (SSSR count). The number of rotatable bonds is 11. The number of aryl methyl sites for hydroxylation is 2. The fraction of sp³-hybridized carbons (Fsp3) is 0.481. The average molecular weight is 630 g/mol. The Morgan fingerprint density at radius 3 is 2.60 bits per heavy atom. The standard InChI is InChI=1S/C27H35N9O5S2/c1-7-9-20-23-24(35(6)32-20)26(41-27-28-13-22(42-27)34(5)33-37)31-25(30-23)19-12-18(10-11-21(19)40-8-2)43(38,39)36-14-16(3)29-17(4)15-36/h10-13,16-17,29H,7-9,14-15H2,1-6H3. The van der Waals surface area contributed by atoms with E-state index in [9.17, 15) is 13.3 Å². The Morgan fingerprint density at radius 2 is 1.93 bits per heavy atom. The van der Waals surface area contributed by atoms with Crippen molar-refractivity contribution in [3.8, 4) is 28.2 Å². The summed E-state index contributed by atoms with van der Waals surface area (Å²) < 4.78 is 42.9. The molecule has 0 bridgehead atoms. The normalized spacial score (nSPS) is 17.7. The molecule has 14 nitrogen and oxygen atoms in total. The molecule has 1 aromatic carbocycles. The Labute approximate surface area is 254 Å². The number of nitroso groups, excluding NO2 is 1. The number of nitrogens with one attached hydrogen (secondary N) is 1. The molecule has 1 fully saturated rings. The summed E-state index contributed by atoms with van der Waals surface area (Å²) >= 11 is 1.12. The molecule has 2 atom stereocenters. The predicted molar refractivity (Wildman–Crippen MR) is 164 cm³/mol. The third-order valence-corrected chi connectivity index (χ3v) is 9.73. The smallest absolute Gasteiger partial charge is 0.282 e. The number of hydrogen-bond acceptors (Lipinski definition) is 12. The summed E-state index contributed by atoms with van der Waals surface area (Å²) in [7, 11) is -0.529. The first kappa shape index (κ1) is 30.7. The van der Waals surface area contributed by atoms with Crippen LogP contribution in [0.2, 0.25) is 0 Å². The van der Waals surface area contributed by atoms with Gasteiger partial charge in [0.25, 0.3) is 11.1 Å². The molecule has 4 aromatic rings. The van der Waals surface area contributed by atoms with E-state index in [0.29, 0.717) is 53.5 Å². The van der Waals surface area contributed by atoms with Crippen molar-refractivity contribution in [1.29, 1.82) is 0 Å². The molecule has 0 radical (unpaired) electrons. The van der Waals surface area contributed by atoms with Crippen LogP contribution in [0.25, 0.3) is 22.4 Å².